The van der Waals surface area contributed by atoms with Gasteiger partial charge in [-0.1, -0.05) is 0 Å². The van der Waals surface area contributed by atoms with Crippen molar-refractivity contribution in [1.82, 2.24) is 59.8 Å². The molecule has 6 rings (SSSR count). The largest absolute Gasteiger partial charge is 0.412 e. The van der Waals surface area contributed by atoms with Crippen LogP contribution in [0, 0.1) is 0 Å². The van der Waals surface area contributed by atoms with E-state index in [2.05, 4.69) is 59.8 Å². The summed E-state index contributed by atoms with van der Waals surface area (Å²) < 4.78 is 0. The number of anilines is 3. The van der Waals surface area contributed by atoms with Crippen LogP contribution in [0.1, 0.15) is 0 Å². The van der Waals surface area contributed by atoms with Crippen LogP contribution in [0.5, 0.6) is 0 Å². The predicted octanol–water partition coefficient (Wildman–Crippen LogP) is 0.269. The number of nitrogen functional groups attached to an aromatic ring is 3. The fourth-order valence-electron chi connectivity index (χ4n) is 2.93. The standard InChI is InChI=1S/3C5H5N5S.Bi.H2O/c3*6-5-9-3-2(4(11)10-5)7-1-8-3;;/h3*1H,(H4,6,7,8,9,10,11);;1H2/q;;;+3;/p-3. The van der Waals surface area contributed by atoms with Crippen molar-refractivity contribution in [2.45, 2.75) is 15.1 Å². The van der Waals surface area contributed by atoms with Gasteiger partial charge in [-0.25, -0.2) is 0 Å². The van der Waals surface area contributed by atoms with Gasteiger partial charge in [0.15, 0.2) is 0 Å². The maximum Gasteiger partial charge on any atom is -0.412 e. The minimum Gasteiger partial charge on any atom is -0.412 e. The fourth-order valence-corrected chi connectivity index (χ4v) is 29.6. The third-order valence-electron chi connectivity index (χ3n) is 4.29. The molecule has 0 aromatic carbocycles. The summed E-state index contributed by atoms with van der Waals surface area (Å²) in [6.07, 6.45) is 4.68. The Morgan fingerprint density at radius 1 is 0.543 bits per heavy atom. The second-order valence-corrected chi connectivity index (χ2v) is 32.0. The van der Waals surface area contributed by atoms with Gasteiger partial charge in [-0.3, -0.25) is 0 Å². The minimum atomic E-state index is -2.87. The third kappa shape index (κ3) is 4.62. The molecule has 0 saturated carbocycles. The van der Waals surface area contributed by atoms with Crippen molar-refractivity contribution in [2.75, 3.05) is 17.2 Å². The molecule has 0 fully saturated rings. The van der Waals surface area contributed by atoms with E-state index in [9.17, 15) is 0 Å². The second-order valence-electron chi connectivity index (χ2n) is 6.46. The summed E-state index contributed by atoms with van der Waals surface area (Å²) in [5.41, 5.74) is 21.5. The van der Waals surface area contributed by atoms with Crippen molar-refractivity contribution in [3.63, 3.8) is 0 Å². The molecular weight excluding hydrogens is 711 g/mol. The Bertz CT molecular complexity index is 1470. The normalized spacial score (nSPS) is 11.6. The summed E-state index contributed by atoms with van der Waals surface area (Å²) in [5.74, 6) is 0.432. The number of H-pyrrole nitrogens is 3. The number of rotatable bonds is 6. The summed E-state index contributed by atoms with van der Waals surface area (Å²) >= 11 is -2.87. The van der Waals surface area contributed by atoms with Crippen molar-refractivity contribution in [3.8, 4) is 0 Å². The maximum absolute atomic E-state index is 5.94. The van der Waals surface area contributed by atoms with E-state index in [1.165, 1.54) is 0 Å². The Kier molecular flexibility index (Phi) is 6.45. The van der Waals surface area contributed by atoms with Crippen LogP contribution in [-0.4, -0.2) is 82.6 Å². The molecular formula is C15H14BiN15OS3. The van der Waals surface area contributed by atoms with E-state index >= 15 is 0 Å². The molecule has 6 aromatic rings. The van der Waals surface area contributed by atoms with Gasteiger partial charge in [0, 0.05) is 0 Å². The SMILES string of the molecule is Nc1nc([S][Bi]([S]c2nc(N)nc3nc[nH]c23)[S]c2nc(N)nc3nc[nH]c23)c2[nH]cnc2n1.O. The van der Waals surface area contributed by atoms with Crippen molar-refractivity contribution >= 4 is 94.2 Å². The van der Waals surface area contributed by atoms with E-state index in [0.717, 1.165) is 0 Å². The zero-order valence-corrected chi connectivity index (χ0v) is 23.1. The van der Waals surface area contributed by atoms with Crippen molar-refractivity contribution < 1.29 is 5.48 Å². The molecule has 0 aliphatic heterocycles. The average Bonchev–Trinajstić information content (AvgIpc) is 3.53. The number of aromatic nitrogens is 12. The number of nitrogens with two attached hydrogens (primary N) is 3. The van der Waals surface area contributed by atoms with Crippen molar-refractivity contribution in [2.24, 2.45) is 0 Å². The summed E-state index contributed by atoms with van der Waals surface area (Å²) in [6, 6.07) is 0. The van der Waals surface area contributed by atoms with Crippen LogP contribution in [0.4, 0.5) is 17.8 Å². The van der Waals surface area contributed by atoms with Crippen molar-refractivity contribution in [3.05, 3.63) is 19.0 Å². The number of nitrogens with zero attached hydrogens (tertiary/aromatic N) is 9. The van der Waals surface area contributed by atoms with Crippen LogP contribution in [0.3, 0.4) is 0 Å². The first-order valence-corrected chi connectivity index (χ1v) is 24.4. The Hall–Kier alpha value is -3.06. The Morgan fingerprint density at radius 2 is 0.857 bits per heavy atom. The Morgan fingerprint density at radius 3 is 1.17 bits per heavy atom. The van der Waals surface area contributed by atoms with Crippen LogP contribution in [0.25, 0.3) is 33.5 Å². The molecule has 6 heterocycles. The zero-order chi connectivity index (χ0) is 23.2. The third-order valence-corrected chi connectivity index (χ3v) is 29.2. The van der Waals surface area contributed by atoms with E-state index in [4.69, 9.17) is 17.2 Å². The van der Waals surface area contributed by atoms with E-state index in [0.29, 0.717) is 48.6 Å². The van der Waals surface area contributed by atoms with E-state index < -0.39 is 17.4 Å². The molecule has 0 atom stereocenters. The van der Waals surface area contributed by atoms with Crippen LogP contribution in [0.15, 0.2) is 34.1 Å². The van der Waals surface area contributed by atoms with E-state index in [-0.39, 0.29) is 23.3 Å². The topological polar surface area (TPSA) is 273 Å². The molecule has 0 aliphatic carbocycles. The number of nitrogens with one attached hydrogen (secondary N) is 3. The van der Waals surface area contributed by atoms with Gasteiger partial charge < -0.3 is 5.48 Å². The van der Waals surface area contributed by atoms with Crippen LogP contribution in [-0.2, 0) is 0 Å². The number of hydrogen-bond acceptors (Lipinski definition) is 15. The van der Waals surface area contributed by atoms with Gasteiger partial charge in [-0.2, -0.15) is 0 Å². The summed E-state index contributed by atoms with van der Waals surface area (Å²) in [5, 5.41) is 2.09. The summed E-state index contributed by atoms with van der Waals surface area (Å²) in [7, 11) is 4.85. The van der Waals surface area contributed by atoms with Gasteiger partial charge in [0.25, 0.3) is 0 Å². The quantitative estimate of drug-likeness (QED) is 0.0993. The van der Waals surface area contributed by atoms with Crippen LogP contribution >= 0.6 is 25.6 Å². The average molecular weight is 726 g/mol. The van der Waals surface area contributed by atoms with Gasteiger partial charge in [-0.05, 0) is 0 Å². The predicted molar refractivity (Wildman–Crippen MR) is 135 cm³/mol. The molecule has 178 valence electrons. The first-order valence-electron chi connectivity index (χ1n) is 9.27. The zero-order valence-electron chi connectivity index (χ0n) is 17.2. The summed E-state index contributed by atoms with van der Waals surface area (Å²) in [6.45, 7) is 0. The molecule has 35 heavy (non-hydrogen) atoms. The molecule has 0 radical (unpaired) electrons. The number of fused-ring (bicyclic) bond motifs is 3. The van der Waals surface area contributed by atoms with Gasteiger partial charge in [0.1, 0.15) is 0 Å². The monoisotopic (exact) mass is 725 g/mol. The number of imidazole rings is 3. The second kappa shape index (κ2) is 9.53. The minimum absolute atomic E-state index is 0. The Labute approximate surface area is 209 Å². The molecule has 0 spiro atoms. The molecule has 20 heteroatoms. The van der Waals surface area contributed by atoms with Crippen LogP contribution < -0.4 is 17.2 Å². The maximum atomic E-state index is 5.94. The smallest absolute Gasteiger partial charge is 0.412 e. The molecule has 0 unspecified atom stereocenters. The molecule has 0 bridgehead atoms. The Balaban J connectivity index is 0.00000253. The van der Waals surface area contributed by atoms with E-state index in [1.807, 2.05) is 0 Å². The molecule has 0 aliphatic rings. The number of hydrogen-bond donors (Lipinski definition) is 6. The van der Waals surface area contributed by atoms with Gasteiger partial charge in [0.2, 0.25) is 0 Å². The molecule has 11 N–H and O–H groups in total. The first kappa shape index (κ1) is 23.7. The van der Waals surface area contributed by atoms with Gasteiger partial charge in [-0.15, -0.1) is 0 Å². The first-order chi connectivity index (χ1) is 16.5. The molecule has 6 aromatic heterocycles. The van der Waals surface area contributed by atoms with Gasteiger partial charge in [0.05, 0.1) is 0 Å². The molecule has 0 amide bonds. The fraction of sp³-hybridized carbons (Fsp3) is 0. The van der Waals surface area contributed by atoms with Crippen LogP contribution in [0.2, 0.25) is 0 Å². The molecule has 16 nitrogen and oxygen atoms in total. The molecule has 0 saturated heterocycles. The van der Waals surface area contributed by atoms with E-state index in [1.54, 1.807) is 44.5 Å². The summed E-state index contributed by atoms with van der Waals surface area (Å²) in [4.78, 5) is 47.9. The number of aromatic amines is 3. The van der Waals surface area contributed by atoms with Crippen molar-refractivity contribution in [1.29, 1.82) is 0 Å². The van der Waals surface area contributed by atoms with Gasteiger partial charge >= 0.3 is 205 Å².